The number of methoxy groups -OCH3 is 3. The summed E-state index contributed by atoms with van der Waals surface area (Å²) in [6.45, 7) is 1.42. The van der Waals surface area contributed by atoms with Gasteiger partial charge >= 0.3 is 5.97 Å². The van der Waals surface area contributed by atoms with Crippen molar-refractivity contribution < 1.29 is 23.8 Å². The van der Waals surface area contributed by atoms with E-state index in [1.807, 2.05) is 0 Å². The number of ether oxygens (including phenoxy) is 3. The molecule has 0 aromatic carbocycles. The largest absolute Gasteiger partial charge is 0.469 e. The van der Waals surface area contributed by atoms with Gasteiger partial charge in [-0.25, -0.2) is 0 Å². The molecule has 0 radical (unpaired) electrons. The maximum absolute atomic E-state index is 11.4. The quantitative estimate of drug-likeness (QED) is 0.502. The molecule has 0 amide bonds. The maximum atomic E-state index is 11.4. The molecular weight excluding hydrogens is 200 g/mol. The molecule has 86 valence electrons. The molecule has 0 bridgehead atoms. The number of hydrogen-bond acceptors (Lipinski definition) is 5. The molecule has 1 saturated carbocycles. The van der Waals surface area contributed by atoms with Gasteiger partial charge < -0.3 is 14.2 Å². The van der Waals surface area contributed by atoms with Crippen molar-refractivity contribution in [3.05, 3.63) is 0 Å². The molecule has 0 aliphatic heterocycles. The normalized spacial score (nSPS) is 28.0. The van der Waals surface area contributed by atoms with Crippen LogP contribution in [0.15, 0.2) is 0 Å². The second-order valence-corrected chi connectivity index (χ2v) is 3.64. The van der Waals surface area contributed by atoms with Crippen molar-refractivity contribution in [1.82, 2.24) is 0 Å². The number of carbonyl (C=O) groups is 2. The molecule has 0 aromatic rings. The highest BCUT2D eigenvalue weighted by Gasteiger charge is 2.61. The van der Waals surface area contributed by atoms with Gasteiger partial charge in [-0.05, 0) is 6.92 Å². The summed E-state index contributed by atoms with van der Waals surface area (Å²) in [7, 11) is 4.24. The van der Waals surface area contributed by atoms with Gasteiger partial charge in [0.25, 0.3) is 0 Å². The summed E-state index contributed by atoms with van der Waals surface area (Å²) < 4.78 is 15.0. The van der Waals surface area contributed by atoms with Crippen LogP contribution in [0.4, 0.5) is 0 Å². The van der Waals surface area contributed by atoms with Crippen LogP contribution in [0.3, 0.4) is 0 Å². The number of esters is 1. The van der Waals surface area contributed by atoms with E-state index in [4.69, 9.17) is 9.47 Å². The van der Waals surface area contributed by atoms with Crippen LogP contribution in [0.5, 0.6) is 0 Å². The van der Waals surface area contributed by atoms with Gasteiger partial charge in [0.1, 0.15) is 5.78 Å². The van der Waals surface area contributed by atoms with E-state index in [2.05, 4.69) is 4.74 Å². The van der Waals surface area contributed by atoms with E-state index in [1.54, 1.807) is 0 Å². The zero-order valence-electron chi connectivity index (χ0n) is 9.40. The Hall–Kier alpha value is -0.940. The van der Waals surface area contributed by atoms with E-state index in [0.29, 0.717) is 6.42 Å². The van der Waals surface area contributed by atoms with Crippen LogP contribution in [-0.2, 0) is 23.8 Å². The smallest absolute Gasteiger partial charge is 0.309 e. The predicted molar refractivity (Wildman–Crippen MR) is 51.0 cm³/mol. The van der Waals surface area contributed by atoms with E-state index in [1.165, 1.54) is 28.3 Å². The van der Waals surface area contributed by atoms with Crippen molar-refractivity contribution in [2.75, 3.05) is 21.3 Å². The van der Waals surface area contributed by atoms with Crippen LogP contribution in [0.25, 0.3) is 0 Å². The summed E-state index contributed by atoms with van der Waals surface area (Å²) in [6.07, 6.45) is 0.358. The zero-order chi connectivity index (χ0) is 11.6. The standard InChI is InChI=1S/C10H16O5/c1-6(11)8-7(9(12)13-2)5-10(8,14-3)15-4/h7-8H,5H2,1-4H3/t7-,8?/m0/s1. The Morgan fingerprint density at radius 2 is 1.73 bits per heavy atom. The molecule has 0 heterocycles. The Bertz CT molecular complexity index is 269. The van der Waals surface area contributed by atoms with Crippen LogP contribution in [0.2, 0.25) is 0 Å². The molecular formula is C10H16O5. The molecule has 1 aliphatic carbocycles. The number of hydrogen-bond donors (Lipinski definition) is 0. The first-order valence-electron chi connectivity index (χ1n) is 4.71. The van der Waals surface area contributed by atoms with Gasteiger partial charge in [-0.2, -0.15) is 0 Å². The Labute approximate surface area is 88.7 Å². The lowest BCUT2D eigenvalue weighted by atomic mass is 9.66. The van der Waals surface area contributed by atoms with Crippen molar-refractivity contribution >= 4 is 11.8 Å². The Balaban J connectivity index is 2.85. The summed E-state index contributed by atoms with van der Waals surface area (Å²) in [5, 5.41) is 0. The second kappa shape index (κ2) is 4.28. The van der Waals surface area contributed by atoms with E-state index < -0.39 is 17.6 Å². The van der Waals surface area contributed by atoms with E-state index in [-0.39, 0.29) is 11.8 Å². The molecule has 15 heavy (non-hydrogen) atoms. The first-order chi connectivity index (χ1) is 7.02. The maximum Gasteiger partial charge on any atom is 0.309 e. The number of rotatable bonds is 4. The predicted octanol–water partition coefficient (Wildman–Crippen LogP) is 0.374. The zero-order valence-corrected chi connectivity index (χ0v) is 9.40. The molecule has 0 saturated heterocycles. The molecule has 1 fully saturated rings. The van der Waals surface area contributed by atoms with Crippen molar-refractivity contribution in [2.24, 2.45) is 11.8 Å². The van der Waals surface area contributed by atoms with Gasteiger partial charge in [0.05, 0.1) is 18.9 Å². The van der Waals surface area contributed by atoms with Gasteiger partial charge in [0, 0.05) is 20.6 Å². The molecule has 0 N–H and O–H groups in total. The lowest BCUT2D eigenvalue weighted by Crippen LogP contribution is -2.61. The lowest BCUT2D eigenvalue weighted by molar-refractivity contribution is -0.299. The van der Waals surface area contributed by atoms with Gasteiger partial charge in [-0.3, -0.25) is 9.59 Å². The molecule has 0 spiro atoms. The minimum atomic E-state index is -0.954. The molecule has 1 aliphatic rings. The van der Waals surface area contributed by atoms with E-state index in [0.717, 1.165) is 0 Å². The summed E-state index contributed by atoms with van der Waals surface area (Å²) >= 11 is 0. The van der Waals surface area contributed by atoms with Crippen molar-refractivity contribution in [1.29, 1.82) is 0 Å². The fourth-order valence-electron chi connectivity index (χ4n) is 2.17. The minimum Gasteiger partial charge on any atom is -0.469 e. The third kappa shape index (κ3) is 1.77. The Morgan fingerprint density at radius 1 is 1.20 bits per heavy atom. The van der Waals surface area contributed by atoms with Crippen LogP contribution >= 0.6 is 0 Å². The van der Waals surface area contributed by atoms with Gasteiger partial charge in [-0.15, -0.1) is 0 Å². The highest BCUT2D eigenvalue weighted by atomic mass is 16.7. The number of Topliss-reactive ketones (excluding diaryl/α,β-unsaturated/α-hetero) is 1. The Kier molecular flexibility index (Phi) is 3.46. The van der Waals surface area contributed by atoms with Crippen LogP contribution < -0.4 is 0 Å². The van der Waals surface area contributed by atoms with Crippen molar-refractivity contribution in [3.8, 4) is 0 Å². The molecule has 5 nitrogen and oxygen atoms in total. The van der Waals surface area contributed by atoms with E-state index in [9.17, 15) is 9.59 Å². The van der Waals surface area contributed by atoms with Crippen molar-refractivity contribution in [2.45, 2.75) is 19.1 Å². The highest BCUT2D eigenvalue weighted by molar-refractivity contribution is 5.88. The number of ketones is 1. The molecule has 2 atom stereocenters. The summed E-state index contributed by atoms with van der Waals surface area (Å²) in [4.78, 5) is 22.8. The Morgan fingerprint density at radius 3 is 2.07 bits per heavy atom. The van der Waals surface area contributed by atoms with Gasteiger partial charge in [0.15, 0.2) is 5.79 Å². The molecule has 0 aromatic heterocycles. The van der Waals surface area contributed by atoms with Crippen molar-refractivity contribution in [3.63, 3.8) is 0 Å². The summed E-state index contributed by atoms with van der Waals surface area (Å²) in [5.41, 5.74) is 0. The fraction of sp³-hybridized carbons (Fsp3) is 0.800. The second-order valence-electron chi connectivity index (χ2n) is 3.64. The first kappa shape index (κ1) is 12.1. The first-order valence-corrected chi connectivity index (χ1v) is 4.71. The van der Waals surface area contributed by atoms with Crippen LogP contribution in [-0.4, -0.2) is 38.9 Å². The SMILES string of the molecule is COC(=O)[C@H]1CC(OC)(OC)C1C(C)=O. The van der Waals surface area contributed by atoms with E-state index >= 15 is 0 Å². The monoisotopic (exact) mass is 216 g/mol. The average molecular weight is 216 g/mol. The number of carbonyl (C=O) groups excluding carboxylic acids is 2. The summed E-state index contributed by atoms with van der Waals surface area (Å²) in [5.74, 6) is -2.49. The molecule has 1 rings (SSSR count). The third-order valence-corrected chi connectivity index (χ3v) is 3.01. The van der Waals surface area contributed by atoms with Gasteiger partial charge in [-0.1, -0.05) is 0 Å². The van der Waals surface area contributed by atoms with Crippen LogP contribution in [0, 0.1) is 11.8 Å². The third-order valence-electron chi connectivity index (χ3n) is 3.01. The summed E-state index contributed by atoms with van der Waals surface area (Å²) in [6, 6.07) is 0. The molecule has 1 unspecified atom stereocenters. The molecule has 5 heteroatoms. The average Bonchev–Trinajstić information content (AvgIpc) is 2.17. The topological polar surface area (TPSA) is 61.8 Å². The highest BCUT2D eigenvalue weighted by Crippen LogP contribution is 2.47. The fourth-order valence-corrected chi connectivity index (χ4v) is 2.17. The lowest BCUT2D eigenvalue weighted by Gasteiger charge is -2.49. The minimum absolute atomic E-state index is 0.125. The van der Waals surface area contributed by atoms with Crippen LogP contribution in [0.1, 0.15) is 13.3 Å². The van der Waals surface area contributed by atoms with Gasteiger partial charge in [0.2, 0.25) is 0 Å².